The number of hydrogen-bond donors (Lipinski definition) is 0. The summed E-state index contributed by atoms with van der Waals surface area (Å²) < 4.78 is 7.16. The van der Waals surface area contributed by atoms with Gasteiger partial charge in [-0.15, -0.1) is 0 Å². The minimum Gasteiger partial charge on any atom is -0.466 e. The second kappa shape index (κ2) is 9.99. The molecule has 3 aromatic rings. The zero-order valence-electron chi connectivity index (χ0n) is 19.5. The normalized spacial score (nSPS) is 15.7. The number of ether oxygens (including phenoxy) is 1. The van der Waals surface area contributed by atoms with Gasteiger partial charge in [-0.05, 0) is 62.2 Å². The van der Waals surface area contributed by atoms with Gasteiger partial charge in [-0.1, -0.05) is 47.2 Å². The lowest BCUT2D eigenvalue weighted by atomic mass is 9.96. The summed E-state index contributed by atoms with van der Waals surface area (Å²) in [5.41, 5.74) is 3.49. The number of aromatic nitrogens is 1. The lowest BCUT2D eigenvalue weighted by Gasteiger charge is -2.24. The van der Waals surface area contributed by atoms with Crippen LogP contribution in [0, 0.1) is 0 Å². The molecule has 176 valence electrons. The van der Waals surface area contributed by atoms with Crippen molar-refractivity contribution in [3.8, 4) is 0 Å². The maximum atomic E-state index is 13.6. The topological polar surface area (TPSA) is 63.9 Å². The first-order chi connectivity index (χ1) is 16.4. The molecule has 4 rings (SSSR count). The van der Waals surface area contributed by atoms with Gasteiger partial charge in [0.1, 0.15) is 0 Å². The zero-order chi connectivity index (χ0) is 24.4. The number of thiazole rings is 1. The van der Waals surface area contributed by atoms with Crippen molar-refractivity contribution >= 4 is 40.7 Å². The Balaban J connectivity index is 1.85. The van der Waals surface area contributed by atoms with Crippen molar-refractivity contribution in [3.63, 3.8) is 0 Å². The SMILES string of the molecule is CCN(CC)c1ccc(/C=c2/sc3n(c2=O)[C@@H](c2ccc(Cl)cc2)C(C(=O)OC)=C(C)N=3)cc1. The zero-order valence-corrected chi connectivity index (χ0v) is 21.1. The van der Waals surface area contributed by atoms with Crippen LogP contribution in [0.4, 0.5) is 5.69 Å². The number of hydrogen-bond acceptors (Lipinski definition) is 6. The standard InChI is InChI=1S/C26H26ClN3O3S/c1-5-29(6-2)20-13-7-17(8-14-20)15-21-24(31)30-23(18-9-11-19(27)12-10-18)22(25(32)33-4)16(3)28-26(30)34-21/h7-15,23H,5-6H2,1-4H3/b21-15+/t23-/m0/s1. The Labute approximate surface area is 207 Å². The van der Waals surface area contributed by atoms with Gasteiger partial charge in [-0.2, -0.15) is 0 Å². The van der Waals surface area contributed by atoms with Gasteiger partial charge >= 0.3 is 5.97 Å². The van der Waals surface area contributed by atoms with Crippen molar-refractivity contribution in [3.05, 3.63) is 95.6 Å². The van der Waals surface area contributed by atoms with E-state index in [1.165, 1.54) is 18.4 Å². The van der Waals surface area contributed by atoms with E-state index in [1.54, 1.807) is 23.6 Å². The summed E-state index contributed by atoms with van der Waals surface area (Å²) in [5, 5.41) is 0.574. The van der Waals surface area contributed by atoms with Gasteiger partial charge in [0.15, 0.2) is 4.80 Å². The summed E-state index contributed by atoms with van der Waals surface area (Å²) in [7, 11) is 1.33. The van der Waals surface area contributed by atoms with Crippen LogP contribution >= 0.6 is 22.9 Å². The summed E-state index contributed by atoms with van der Waals surface area (Å²) in [5.74, 6) is -0.512. The molecule has 1 aromatic heterocycles. The van der Waals surface area contributed by atoms with E-state index in [4.69, 9.17) is 16.3 Å². The fraction of sp³-hybridized carbons (Fsp3) is 0.269. The van der Waals surface area contributed by atoms with E-state index in [2.05, 4.69) is 35.9 Å². The molecule has 0 unspecified atom stereocenters. The third-order valence-electron chi connectivity index (χ3n) is 5.93. The molecule has 0 bridgehead atoms. The van der Waals surface area contributed by atoms with Crippen molar-refractivity contribution in [1.29, 1.82) is 0 Å². The highest BCUT2D eigenvalue weighted by Gasteiger charge is 2.33. The monoisotopic (exact) mass is 495 g/mol. The van der Waals surface area contributed by atoms with Gasteiger partial charge in [-0.25, -0.2) is 9.79 Å². The molecular formula is C26H26ClN3O3S. The molecule has 0 fully saturated rings. The van der Waals surface area contributed by atoms with E-state index in [9.17, 15) is 9.59 Å². The number of allylic oxidation sites excluding steroid dienone is 1. The van der Waals surface area contributed by atoms with E-state index in [-0.39, 0.29) is 5.56 Å². The fourth-order valence-electron chi connectivity index (χ4n) is 4.17. The predicted octanol–water partition coefficient (Wildman–Crippen LogP) is 3.91. The van der Waals surface area contributed by atoms with Gasteiger partial charge in [0, 0.05) is 23.8 Å². The van der Waals surface area contributed by atoms with Crippen LogP contribution in [0.5, 0.6) is 0 Å². The number of esters is 1. The minimum absolute atomic E-state index is 0.203. The summed E-state index contributed by atoms with van der Waals surface area (Å²) in [6, 6.07) is 14.6. The number of rotatable bonds is 6. The molecule has 8 heteroatoms. The van der Waals surface area contributed by atoms with Crippen molar-refractivity contribution in [2.24, 2.45) is 4.99 Å². The lowest BCUT2D eigenvalue weighted by Crippen LogP contribution is -2.39. The summed E-state index contributed by atoms with van der Waals surface area (Å²) >= 11 is 7.39. The van der Waals surface area contributed by atoms with Crippen LogP contribution in [-0.4, -0.2) is 30.7 Å². The molecule has 0 amide bonds. The number of carbonyl (C=O) groups is 1. The van der Waals surface area contributed by atoms with Crippen LogP contribution < -0.4 is 19.8 Å². The number of fused-ring (bicyclic) bond motifs is 1. The Hall–Kier alpha value is -3.16. The number of halogens is 1. The molecule has 2 aromatic carbocycles. The van der Waals surface area contributed by atoms with E-state index in [0.717, 1.165) is 29.9 Å². The van der Waals surface area contributed by atoms with Crippen molar-refractivity contribution in [2.45, 2.75) is 26.8 Å². The first-order valence-corrected chi connectivity index (χ1v) is 12.3. The highest BCUT2D eigenvalue weighted by molar-refractivity contribution is 7.07. The number of nitrogens with zero attached hydrogens (tertiary/aromatic N) is 3. The number of methoxy groups -OCH3 is 1. The highest BCUT2D eigenvalue weighted by atomic mass is 35.5. The highest BCUT2D eigenvalue weighted by Crippen LogP contribution is 2.31. The average molecular weight is 496 g/mol. The molecule has 0 N–H and O–H groups in total. The second-order valence-electron chi connectivity index (χ2n) is 7.89. The quantitative estimate of drug-likeness (QED) is 0.486. The lowest BCUT2D eigenvalue weighted by molar-refractivity contribution is -0.136. The second-order valence-corrected chi connectivity index (χ2v) is 9.33. The van der Waals surface area contributed by atoms with Gasteiger partial charge in [-0.3, -0.25) is 9.36 Å². The van der Waals surface area contributed by atoms with Crippen LogP contribution in [0.2, 0.25) is 5.02 Å². The maximum absolute atomic E-state index is 13.6. The Morgan fingerprint density at radius 3 is 2.38 bits per heavy atom. The molecule has 0 spiro atoms. The summed E-state index contributed by atoms with van der Waals surface area (Å²) in [6.07, 6.45) is 1.87. The Bertz CT molecular complexity index is 1420. The predicted molar refractivity (Wildman–Crippen MR) is 137 cm³/mol. The van der Waals surface area contributed by atoms with Crippen LogP contribution in [0.3, 0.4) is 0 Å². The Morgan fingerprint density at radius 2 is 1.79 bits per heavy atom. The minimum atomic E-state index is -0.645. The molecule has 0 radical (unpaired) electrons. The fourth-order valence-corrected chi connectivity index (χ4v) is 5.35. The third-order valence-corrected chi connectivity index (χ3v) is 7.17. The maximum Gasteiger partial charge on any atom is 0.338 e. The van der Waals surface area contributed by atoms with Crippen LogP contribution in [0.1, 0.15) is 37.9 Å². The molecule has 0 saturated heterocycles. The average Bonchev–Trinajstić information content (AvgIpc) is 3.14. The van der Waals surface area contributed by atoms with E-state index in [1.807, 2.05) is 30.3 Å². The van der Waals surface area contributed by atoms with Crippen LogP contribution in [-0.2, 0) is 9.53 Å². The molecule has 1 aliphatic rings. The summed E-state index contributed by atoms with van der Waals surface area (Å²) in [6.45, 7) is 7.87. The Morgan fingerprint density at radius 1 is 1.15 bits per heavy atom. The van der Waals surface area contributed by atoms with Gasteiger partial charge in [0.25, 0.3) is 5.56 Å². The van der Waals surface area contributed by atoms with Gasteiger partial charge in [0.2, 0.25) is 0 Å². The molecule has 2 heterocycles. The van der Waals surface area contributed by atoms with Crippen LogP contribution in [0.15, 0.2) is 69.6 Å². The van der Waals surface area contributed by atoms with Gasteiger partial charge in [0.05, 0.1) is 29.0 Å². The van der Waals surface area contributed by atoms with Crippen molar-refractivity contribution in [1.82, 2.24) is 4.57 Å². The first kappa shape index (κ1) is 24.0. The van der Waals surface area contributed by atoms with Crippen molar-refractivity contribution < 1.29 is 9.53 Å². The largest absolute Gasteiger partial charge is 0.466 e. The molecule has 1 aliphatic heterocycles. The number of benzene rings is 2. The molecule has 6 nitrogen and oxygen atoms in total. The smallest absolute Gasteiger partial charge is 0.338 e. The molecule has 0 aliphatic carbocycles. The molecule has 0 saturated carbocycles. The van der Waals surface area contributed by atoms with Crippen LogP contribution in [0.25, 0.3) is 6.08 Å². The number of carbonyl (C=O) groups excluding carboxylic acids is 1. The first-order valence-electron chi connectivity index (χ1n) is 11.1. The van der Waals surface area contributed by atoms with E-state index >= 15 is 0 Å². The van der Waals surface area contributed by atoms with E-state index in [0.29, 0.717) is 25.6 Å². The number of anilines is 1. The van der Waals surface area contributed by atoms with Gasteiger partial charge < -0.3 is 9.64 Å². The van der Waals surface area contributed by atoms with E-state index < -0.39 is 12.0 Å². The Kier molecular flexibility index (Phi) is 7.05. The third kappa shape index (κ3) is 4.45. The molecular weight excluding hydrogens is 470 g/mol. The molecule has 34 heavy (non-hydrogen) atoms. The summed E-state index contributed by atoms with van der Waals surface area (Å²) in [4.78, 5) is 33.7. The van der Waals surface area contributed by atoms with Crippen molar-refractivity contribution in [2.75, 3.05) is 25.1 Å². The molecule has 1 atom stereocenters.